The fraction of sp³-hybridized carbons (Fsp3) is 0.250. The predicted octanol–water partition coefficient (Wildman–Crippen LogP) is 0.352. The summed E-state index contributed by atoms with van der Waals surface area (Å²) in [5.74, 6) is 0.827. The molecule has 0 aliphatic heterocycles. The second-order valence-electron chi connectivity index (χ2n) is 2.55. The van der Waals surface area contributed by atoms with Crippen molar-refractivity contribution < 1.29 is 19.4 Å². The summed E-state index contributed by atoms with van der Waals surface area (Å²) in [5.41, 5.74) is 0.785. The molecule has 0 atom stereocenters. The van der Waals surface area contributed by atoms with E-state index in [2.05, 4.69) is 0 Å². The summed E-state index contributed by atoms with van der Waals surface area (Å²) in [6.07, 6.45) is 0. The van der Waals surface area contributed by atoms with Crippen LogP contribution in [-0.2, 0) is 0 Å². The number of methoxy groups -OCH3 is 1. The lowest BCUT2D eigenvalue weighted by molar-refractivity contribution is 0.278. The highest BCUT2D eigenvalue weighted by atomic mass is 16.6. The fourth-order valence-electron chi connectivity index (χ4n) is 1.04. The van der Waals surface area contributed by atoms with Crippen molar-refractivity contribution in [3.05, 3.63) is 23.8 Å². The summed E-state index contributed by atoms with van der Waals surface area (Å²) < 4.78 is 9.73. The molecule has 0 saturated heterocycles. The number of rotatable bonds is 3. The molecule has 0 spiro atoms. The lowest BCUT2D eigenvalue weighted by Crippen LogP contribution is -2.21. The molecule has 0 aliphatic rings. The molecular formula is C8H11BO4. The molecule has 0 saturated carbocycles. The predicted molar refractivity (Wildman–Crippen MR) is 48.6 cm³/mol. The summed E-state index contributed by atoms with van der Waals surface area (Å²) in [5, 5.41) is 17.3. The Hall–Kier alpha value is -1.20. The molecule has 0 bridgehead atoms. The van der Waals surface area contributed by atoms with Crippen molar-refractivity contribution in [2.45, 2.75) is 6.92 Å². The monoisotopic (exact) mass is 182 g/mol. The molecule has 1 rings (SSSR count). The molecular weight excluding hydrogens is 171 g/mol. The highest BCUT2D eigenvalue weighted by molar-refractivity contribution is 6.33. The van der Waals surface area contributed by atoms with Gasteiger partial charge < -0.3 is 19.4 Å². The zero-order valence-electron chi connectivity index (χ0n) is 7.52. The summed E-state index contributed by atoms with van der Waals surface area (Å²) in [4.78, 5) is 0. The van der Waals surface area contributed by atoms with Crippen LogP contribution in [0.4, 0.5) is 0 Å². The van der Waals surface area contributed by atoms with Crippen LogP contribution in [-0.4, -0.2) is 24.5 Å². The third kappa shape index (κ3) is 2.37. The van der Waals surface area contributed by atoms with Crippen LogP contribution in [0.1, 0.15) is 5.56 Å². The van der Waals surface area contributed by atoms with Gasteiger partial charge in [-0.15, -0.1) is 0 Å². The Morgan fingerprint density at radius 1 is 1.31 bits per heavy atom. The van der Waals surface area contributed by atoms with E-state index >= 15 is 0 Å². The van der Waals surface area contributed by atoms with Crippen molar-refractivity contribution >= 4 is 7.32 Å². The van der Waals surface area contributed by atoms with Crippen molar-refractivity contribution in [1.82, 2.24) is 0 Å². The van der Waals surface area contributed by atoms with Crippen LogP contribution in [0.5, 0.6) is 11.5 Å². The van der Waals surface area contributed by atoms with Crippen molar-refractivity contribution in [1.29, 1.82) is 0 Å². The Labute approximate surface area is 76.9 Å². The first kappa shape index (κ1) is 9.89. The average molecular weight is 182 g/mol. The average Bonchev–Trinajstić information content (AvgIpc) is 2.08. The Morgan fingerprint density at radius 3 is 2.54 bits per heavy atom. The van der Waals surface area contributed by atoms with E-state index in [1.807, 2.05) is 0 Å². The van der Waals surface area contributed by atoms with Gasteiger partial charge >= 0.3 is 7.32 Å². The summed E-state index contributed by atoms with van der Waals surface area (Å²) in [6, 6.07) is 5.27. The number of ether oxygens (including phenoxy) is 1. The molecule has 0 fully saturated rings. The van der Waals surface area contributed by atoms with E-state index in [0.717, 1.165) is 5.56 Å². The second kappa shape index (κ2) is 4.16. The van der Waals surface area contributed by atoms with Gasteiger partial charge in [-0.2, -0.15) is 0 Å². The van der Waals surface area contributed by atoms with Crippen molar-refractivity contribution in [3.8, 4) is 11.5 Å². The number of benzene rings is 1. The van der Waals surface area contributed by atoms with E-state index in [1.54, 1.807) is 25.1 Å². The molecule has 70 valence electrons. The van der Waals surface area contributed by atoms with Crippen LogP contribution in [0.25, 0.3) is 0 Å². The molecule has 0 amide bonds. The minimum absolute atomic E-state index is 0.347. The number of para-hydroxylation sites is 1. The highest BCUT2D eigenvalue weighted by Crippen LogP contribution is 2.30. The molecule has 5 heteroatoms. The van der Waals surface area contributed by atoms with Gasteiger partial charge in [0.05, 0.1) is 7.11 Å². The van der Waals surface area contributed by atoms with Crippen molar-refractivity contribution in [2.75, 3.05) is 7.11 Å². The lowest BCUT2D eigenvalue weighted by atomic mass is 10.2. The van der Waals surface area contributed by atoms with Gasteiger partial charge in [-0.05, 0) is 18.6 Å². The smallest absolute Gasteiger partial charge is 0.509 e. The van der Waals surface area contributed by atoms with E-state index < -0.39 is 7.32 Å². The lowest BCUT2D eigenvalue weighted by Gasteiger charge is -2.11. The van der Waals surface area contributed by atoms with Crippen LogP contribution in [0.15, 0.2) is 18.2 Å². The standard InChI is InChI=1S/C8H11BO4/c1-6-4-3-5-7(12-2)8(6)13-9(10)11/h3-5,10-11H,1-2H3. The van der Waals surface area contributed by atoms with Gasteiger partial charge in [0.25, 0.3) is 0 Å². The fourth-order valence-corrected chi connectivity index (χ4v) is 1.04. The third-order valence-electron chi connectivity index (χ3n) is 1.62. The summed E-state index contributed by atoms with van der Waals surface area (Å²) >= 11 is 0. The molecule has 1 aromatic carbocycles. The van der Waals surface area contributed by atoms with Gasteiger partial charge in [-0.25, -0.2) is 0 Å². The molecule has 0 aliphatic carbocycles. The first-order valence-corrected chi connectivity index (χ1v) is 3.81. The Morgan fingerprint density at radius 2 is 2.00 bits per heavy atom. The number of aryl methyl sites for hydroxylation is 1. The van der Waals surface area contributed by atoms with Crippen LogP contribution in [0, 0.1) is 6.92 Å². The minimum atomic E-state index is -1.82. The third-order valence-corrected chi connectivity index (χ3v) is 1.62. The van der Waals surface area contributed by atoms with Crippen LogP contribution < -0.4 is 9.39 Å². The summed E-state index contributed by atoms with van der Waals surface area (Å²) in [6.45, 7) is 1.79. The van der Waals surface area contributed by atoms with E-state index in [9.17, 15) is 0 Å². The topological polar surface area (TPSA) is 58.9 Å². The Balaban J connectivity index is 3.00. The molecule has 0 radical (unpaired) electrons. The van der Waals surface area contributed by atoms with E-state index in [-0.39, 0.29) is 0 Å². The molecule has 1 aromatic rings. The van der Waals surface area contributed by atoms with Gasteiger partial charge in [0, 0.05) is 0 Å². The second-order valence-corrected chi connectivity index (χ2v) is 2.55. The molecule has 13 heavy (non-hydrogen) atoms. The Kier molecular flexibility index (Phi) is 3.16. The van der Waals surface area contributed by atoms with Gasteiger partial charge in [0.15, 0.2) is 5.75 Å². The minimum Gasteiger partial charge on any atom is -0.509 e. The Bertz CT molecular complexity index is 287. The van der Waals surface area contributed by atoms with Crippen LogP contribution >= 0.6 is 0 Å². The molecule has 0 aromatic heterocycles. The van der Waals surface area contributed by atoms with Crippen molar-refractivity contribution in [3.63, 3.8) is 0 Å². The normalized spacial score (nSPS) is 9.54. The quantitative estimate of drug-likeness (QED) is 0.662. The van der Waals surface area contributed by atoms with Crippen LogP contribution in [0.2, 0.25) is 0 Å². The van der Waals surface area contributed by atoms with Crippen molar-refractivity contribution in [2.24, 2.45) is 0 Å². The number of hydrogen-bond acceptors (Lipinski definition) is 4. The van der Waals surface area contributed by atoms with Gasteiger partial charge in [0.1, 0.15) is 5.75 Å². The molecule has 0 unspecified atom stereocenters. The van der Waals surface area contributed by atoms with E-state index in [4.69, 9.17) is 19.4 Å². The zero-order chi connectivity index (χ0) is 9.84. The number of hydrogen-bond donors (Lipinski definition) is 2. The summed E-state index contributed by atoms with van der Waals surface area (Å²) in [7, 11) is -0.333. The molecule has 2 N–H and O–H groups in total. The maximum Gasteiger partial charge on any atom is 0.707 e. The van der Waals surface area contributed by atoms with E-state index in [0.29, 0.717) is 11.5 Å². The van der Waals surface area contributed by atoms with Gasteiger partial charge in [0.2, 0.25) is 0 Å². The first-order chi connectivity index (χ1) is 6.15. The maximum atomic E-state index is 8.63. The SMILES string of the molecule is COc1cccc(C)c1OB(O)O. The molecule has 4 nitrogen and oxygen atoms in total. The van der Waals surface area contributed by atoms with E-state index in [1.165, 1.54) is 7.11 Å². The van der Waals surface area contributed by atoms with Gasteiger partial charge in [-0.3, -0.25) is 0 Å². The zero-order valence-corrected chi connectivity index (χ0v) is 7.52. The van der Waals surface area contributed by atoms with Gasteiger partial charge in [-0.1, -0.05) is 12.1 Å². The van der Waals surface area contributed by atoms with Crippen LogP contribution in [0.3, 0.4) is 0 Å². The highest BCUT2D eigenvalue weighted by Gasteiger charge is 2.16. The molecule has 0 heterocycles. The largest absolute Gasteiger partial charge is 0.707 e. The first-order valence-electron chi connectivity index (χ1n) is 3.81. The maximum absolute atomic E-state index is 8.63.